The highest BCUT2D eigenvalue weighted by Crippen LogP contribution is 2.19. The third kappa shape index (κ3) is 3.99. The second-order valence-electron chi connectivity index (χ2n) is 6.02. The van der Waals surface area contributed by atoms with Gasteiger partial charge in [-0.2, -0.15) is 0 Å². The molecule has 0 aliphatic heterocycles. The van der Waals surface area contributed by atoms with Gasteiger partial charge in [0, 0.05) is 17.8 Å². The average molecular weight is 239 g/mol. The molecule has 0 N–H and O–H groups in total. The molecule has 0 bridgehead atoms. The third-order valence-electron chi connectivity index (χ3n) is 2.80. The number of benzene rings is 1. The lowest BCUT2D eigenvalue weighted by molar-refractivity contribution is 0.406. The van der Waals surface area contributed by atoms with Gasteiger partial charge in [0.2, 0.25) is 0 Å². The zero-order valence-corrected chi connectivity index (χ0v) is 11.5. The van der Waals surface area contributed by atoms with Gasteiger partial charge in [0.05, 0.1) is 0 Å². The number of rotatable bonds is 3. The molecule has 2 rings (SSSR count). The van der Waals surface area contributed by atoms with Crippen LogP contribution in [0, 0.1) is 5.41 Å². The normalized spacial score (nSPS) is 11.5. The fourth-order valence-electron chi connectivity index (χ4n) is 2.07. The van der Waals surface area contributed by atoms with E-state index in [1.165, 1.54) is 11.3 Å². The van der Waals surface area contributed by atoms with E-state index in [4.69, 9.17) is 4.98 Å². The van der Waals surface area contributed by atoms with Crippen molar-refractivity contribution in [2.45, 2.75) is 33.6 Å². The van der Waals surface area contributed by atoms with Crippen LogP contribution in [0.15, 0.2) is 48.5 Å². The van der Waals surface area contributed by atoms with Crippen LogP contribution in [0.3, 0.4) is 0 Å². The lowest BCUT2D eigenvalue weighted by Crippen LogP contribution is -2.11. The van der Waals surface area contributed by atoms with Crippen LogP contribution < -0.4 is 0 Å². The van der Waals surface area contributed by atoms with Crippen LogP contribution in [0.4, 0.5) is 0 Å². The maximum Gasteiger partial charge on any atom is 0.0450 e. The van der Waals surface area contributed by atoms with Crippen LogP contribution in [0.1, 0.15) is 37.7 Å². The summed E-state index contributed by atoms with van der Waals surface area (Å²) in [5, 5.41) is 0. The van der Waals surface area contributed by atoms with Crippen molar-refractivity contribution in [1.29, 1.82) is 0 Å². The van der Waals surface area contributed by atoms with E-state index in [2.05, 4.69) is 63.2 Å². The second kappa shape index (κ2) is 5.34. The van der Waals surface area contributed by atoms with Gasteiger partial charge in [-0.3, -0.25) is 4.98 Å². The van der Waals surface area contributed by atoms with Crippen molar-refractivity contribution in [1.82, 2.24) is 4.98 Å². The molecule has 0 spiro atoms. The Kier molecular flexibility index (Phi) is 3.81. The topological polar surface area (TPSA) is 12.9 Å². The van der Waals surface area contributed by atoms with E-state index >= 15 is 0 Å². The van der Waals surface area contributed by atoms with Gasteiger partial charge >= 0.3 is 0 Å². The van der Waals surface area contributed by atoms with Crippen LogP contribution in [0.25, 0.3) is 0 Å². The molecule has 0 fully saturated rings. The predicted octanol–water partition coefficient (Wildman–Crippen LogP) is 4.26. The van der Waals surface area contributed by atoms with Gasteiger partial charge in [-0.15, -0.1) is 0 Å². The molecule has 18 heavy (non-hydrogen) atoms. The minimum absolute atomic E-state index is 0.290. The van der Waals surface area contributed by atoms with Gasteiger partial charge in [0.25, 0.3) is 0 Å². The molecule has 0 amide bonds. The zero-order chi connectivity index (χ0) is 13.0. The van der Waals surface area contributed by atoms with Gasteiger partial charge in [-0.25, -0.2) is 0 Å². The van der Waals surface area contributed by atoms with E-state index in [0.717, 1.165) is 18.5 Å². The summed E-state index contributed by atoms with van der Waals surface area (Å²) >= 11 is 0. The summed E-state index contributed by atoms with van der Waals surface area (Å²) in [4.78, 5) is 4.75. The highest BCUT2D eigenvalue weighted by atomic mass is 14.7. The number of hydrogen-bond acceptors (Lipinski definition) is 1. The lowest BCUT2D eigenvalue weighted by Gasteiger charge is -2.17. The maximum absolute atomic E-state index is 4.75. The molecule has 0 saturated heterocycles. The molecule has 0 atom stereocenters. The van der Waals surface area contributed by atoms with E-state index in [0.29, 0.717) is 5.41 Å². The average Bonchev–Trinajstić information content (AvgIpc) is 2.28. The molecule has 0 unspecified atom stereocenters. The standard InChI is InChI=1S/C17H21N/c1-17(2,3)13-16-11-7-10-15(18-16)12-14-8-5-4-6-9-14/h4-11H,12-13H2,1-3H3. The summed E-state index contributed by atoms with van der Waals surface area (Å²) in [5.74, 6) is 0. The molecular formula is C17H21N. The first-order valence-corrected chi connectivity index (χ1v) is 6.52. The van der Waals surface area contributed by atoms with Gasteiger partial charge in [0.15, 0.2) is 0 Å². The minimum atomic E-state index is 0.290. The fraction of sp³-hybridized carbons (Fsp3) is 0.353. The van der Waals surface area contributed by atoms with Gasteiger partial charge < -0.3 is 0 Å². The van der Waals surface area contributed by atoms with Crippen molar-refractivity contribution < 1.29 is 0 Å². The highest BCUT2D eigenvalue weighted by Gasteiger charge is 2.12. The summed E-state index contributed by atoms with van der Waals surface area (Å²) in [6.45, 7) is 6.75. The molecule has 1 aromatic carbocycles. The van der Waals surface area contributed by atoms with Crippen molar-refractivity contribution in [2.75, 3.05) is 0 Å². The van der Waals surface area contributed by atoms with Crippen LogP contribution in [-0.2, 0) is 12.8 Å². The Labute approximate surface area is 110 Å². The smallest absolute Gasteiger partial charge is 0.0450 e. The van der Waals surface area contributed by atoms with E-state index < -0.39 is 0 Å². The molecule has 94 valence electrons. The van der Waals surface area contributed by atoms with Gasteiger partial charge in [-0.1, -0.05) is 57.2 Å². The second-order valence-corrected chi connectivity index (χ2v) is 6.02. The van der Waals surface area contributed by atoms with Crippen molar-refractivity contribution in [3.8, 4) is 0 Å². The molecule has 0 saturated carbocycles. The number of aromatic nitrogens is 1. The molecule has 1 heteroatoms. The van der Waals surface area contributed by atoms with E-state index in [-0.39, 0.29) is 0 Å². The largest absolute Gasteiger partial charge is 0.258 e. The Bertz CT molecular complexity index is 495. The predicted molar refractivity (Wildman–Crippen MR) is 76.6 cm³/mol. The molecular weight excluding hydrogens is 218 g/mol. The van der Waals surface area contributed by atoms with E-state index in [1.807, 2.05) is 6.07 Å². The Morgan fingerprint density at radius 3 is 2.17 bits per heavy atom. The Balaban J connectivity index is 2.13. The quantitative estimate of drug-likeness (QED) is 0.780. The molecule has 0 aliphatic carbocycles. The highest BCUT2D eigenvalue weighted by molar-refractivity contribution is 5.22. The molecule has 1 nitrogen and oxygen atoms in total. The number of pyridine rings is 1. The molecule has 1 aromatic heterocycles. The third-order valence-corrected chi connectivity index (χ3v) is 2.80. The van der Waals surface area contributed by atoms with Crippen molar-refractivity contribution in [2.24, 2.45) is 5.41 Å². The van der Waals surface area contributed by atoms with E-state index in [1.54, 1.807) is 0 Å². The van der Waals surface area contributed by atoms with Crippen molar-refractivity contribution >= 4 is 0 Å². The van der Waals surface area contributed by atoms with E-state index in [9.17, 15) is 0 Å². The SMILES string of the molecule is CC(C)(C)Cc1cccc(Cc2ccccc2)n1. The number of nitrogens with zero attached hydrogens (tertiary/aromatic N) is 1. The monoisotopic (exact) mass is 239 g/mol. The lowest BCUT2D eigenvalue weighted by atomic mass is 9.90. The fourth-order valence-corrected chi connectivity index (χ4v) is 2.07. The minimum Gasteiger partial charge on any atom is -0.258 e. The van der Waals surface area contributed by atoms with Crippen LogP contribution in [-0.4, -0.2) is 4.98 Å². The number of hydrogen-bond donors (Lipinski definition) is 0. The molecule has 0 aliphatic rings. The van der Waals surface area contributed by atoms with Crippen LogP contribution in [0.5, 0.6) is 0 Å². The summed E-state index contributed by atoms with van der Waals surface area (Å²) < 4.78 is 0. The summed E-state index contributed by atoms with van der Waals surface area (Å²) in [6, 6.07) is 16.9. The Morgan fingerprint density at radius 1 is 0.833 bits per heavy atom. The van der Waals surface area contributed by atoms with Crippen molar-refractivity contribution in [3.63, 3.8) is 0 Å². The Morgan fingerprint density at radius 2 is 1.50 bits per heavy atom. The first-order chi connectivity index (χ1) is 8.53. The zero-order valence-electron chi connectivity index (χ0n) is 11.5. The van der Waals surface area contributed by atoms with Crippen LogP contribution >= 0.6 is 0 Å². The first-order valence-electron chi connectivity index (χ1n) is 6.52. The van der Waals surface area contributed by atoms with Gasteiger partial charge in [0.1, 0.15) is 0 Å². The molecule has 1 heterocycles. The summed E-state index contributed by atoms with van der Waals surface area (Å²) in [7, 11) is 0. The first kappa shape index (κ1) is 12.8. The van der Waals surface area contributed by atoms with Crippen LogP contribution in [0.2, 0.25) is 0 Å². The summed E-state index contributed by atoms with van der Waals surface area (Å²) in [6.07, 6.45) is 1.94. The van der Waals surface area contributed by atoms with Crippen molar-refractivity contribution in [3.05, 3.63) is 65.5 Å². The Hall–Kier alpha value is -1.63. The molecule has 2 aromatic rings. The summed E-state index contributed by atoms with van der Waals surface area (Å²) in [5.41, 5.74) is 3.95. The van der Waals surface area contributed by atoms with Gasteiger partial charge in [-0.05, 0) is 29.5 Å². The molecule has 0 radical (unpaired) electrons. The maximum atomic E-state index is 4.75.